The van der Waals surface area contributed by atoms with E-state index in [9.17, 15) is 9.59 Å². The minimum atomic E-state index is -0.340. The SMILES string of the molecule is CN1CC(=O)N(Cc2nnc([C@@H]3CCCO[C@H]3C(C)(C)C)o2)C1=O. The van der Waals surface area contributed by atoms with Crippen LogP contribution in [0.15, 0.2) is 4.42 Å². The summed E-state index contributed by atoms with van der Waals surface area (Å²) in [6.07, 6.45) is 1.87. The number of nitrogens with zero attached hydrogens (tertiary/aromatic N) is 4. The normalized spacial score (nSPS) is 25.7. The van der Waals surface area contributed by atoms with Crippen LogP contribution in [0.5, 0.6) is 0 Å². The zero-order chi connectivity index (χ0) is 17.5. The molecule has 0 N–H and O–H groups in total. The molecular formula is C16H24N4O4. The van der Waals surface area contributed by atoms with Gasteiger partial charge in [-0.15, -0.1) is 10.2 Å². The number of aromatic nitrogens is 2. The maximum atomic E-state index is 11.9. The number of imide groups is 1. The number of carbonyl (C=O) groups excluding carboxylic acids is 2. The third-order valence-corrected chi connectivity index (χ3v) is 4.50. The van der Waals surface area contributed by atoms with Gasteiger partial charge < -0.3 is 14.1 Å². The second-order valence-corrected chi connectivity index (χ2v) is 7.56. The predicted molar refractivity (Wildman–Crippen MR) is 84.0 cm³/mol. The summed E-state index contributed by atoms with van der Waals surface area (Å²) < 4.78 is 11.7. The summed E-state index contributed by atoms with van der Waals surface area (Å²) in [7, 11) is 1.59. The van der Waals surface area contributed by atoms with Gasteiger partial charge in [-0.2, -0.15) is 0 Å². The molecule has 0 radical (unpaired) electrons. The Morgan fingerprint density at radius 3 is 2.62 bits per heavy atom. The van der Waals surface area contributed by atoms with Gasteiger partial charge in [0.15, 0.2) is 0 Å². The fourth-order valence-electron chi connectivity index (χ4n) is 3.33. The molecule has 3 rings (SSSR count). The first-order valence-electron chi connectivity index (χ1n) is 8.26. The van der Waals surface area contributed by atoms with Gasteiger partial charge in [0.25, 0.3) is 5.91 Å². The summed E-state index contributed by atoms with van der Waals surface area (Å²) in [5.41, 5.74) is -0.0384. The maximum Gasteiger partial charge on any atom is 0.327 e. The van der Waals surface area contributed by atoms with Crippen molar-refractivity contribution in [2.24, 2.45) is 5.41 Å². The van der Waals surface area contributed by atoms with E-state index in [1.165, 1.54) is 4.90 Å². The monoisotopic (exact) mass is 336 g/mol. The molecule has 2 saturated heterocycles. The van der Waals surface area contributed by atoms with E-state index < -0.39 is 0 Å². The van der Waals surface area contributed by atoms with Crippen molar-refractivity contribution in [3.8, 4) is 0 Å². The van der Waals surface area contributed by atoms with Gasteiger partial charge in [0.2, 0.25) is 11.8 Å². The largest absolute Gasteiger partial charge is 0.423 e. The van der Waals surface area contributed by atoms with Crippen LogP contribution in [0.2, 0.25) is 0 Å². The van der Waals surface area contributed by atoms with Gasteiger partial charge in [0.05, 0.1) is 12.0 Å². The number of hydrogen-bond acceptors (Lipinski definition) is 6. The first-order valence-corrected chi connectivity index (χ1v) is 8.26. The molecule has 1 aromatic rings. The van der Waals surface area contributed by atoms with E-state index in [4.69, 9.17) is 9.15 Å². The van der Waals surface area contributed by atoms with Crippen LogP contribution in [0, 0.1) is 5.41 Å². The van der Waals surface area contributed by atoms with Crippen molar-refractivity contribution in [1.82, 2.24) is 20.0 Å². The summed E-state index contributed by atoms with van der Waals surface area (Å²) in [6.45, 7) is 7.23. The first kappa shape index (κ1) is 16.9. The van der Waals surface area contributed by atoms with Crippen molar-refractivity contribution in [1.29, 1.82) is 0 Å². The van der Waals surface area contributed by atoms with Crippen molar-refractivity contribution >= 4 is 11.9 Å². The van der Waals surface area contributed by atoms with Crippen molar-refractivity contribution in [2.45, 2.75) is 52.2 Å². The van der Waals surface area contributed by atoms with Crippen molar-refractivity contribution in [3.05, 3.63) is 11.8 Å². The van der Waals surface area contributed by atoms with Gasteiger partial charge in [-0.1, -0.05) is 20.8 Å². The quantitative estimate of drug-likeness (QED) is 0.782. The van der Waals surface area contributed by atoms with E-state index in [2.05, 4.69) is 31.0 Å². The average Bonchev–Trinajstić information content (AvgIpc) is 3.07. The molecule has 132 valence electrons. The van der Waals surface area contributed by atoms with Crippen LogP contribution in [0.25, 0.3) is 0 Å². The molecule has 0 aromatic carbocycles. The van der Waals surface area contributed by atoms with Gasteiger partial charge >= 0.3 is 6.03 Å². The molecule has 24 heavy (non-hydrogen) atoms. The highest BCUT2D eigenvalue weighted by Crippen LogP contribution is 2.39. The molecular weight excluding hydrogens is 312 g/mol. The van der Waals surface area contributed by atoms with Gasteiger partial charge in [0.1, 0.15) is 13.1 Å². The Balaban J connectivity index is 1.75. The van der Waals surface area contributed by atoms with E-state index in [0.29, 0.717) is 5.89 Å². The molecule has 8 heteroatoms. The molecule has 3 amide bonds. The second-order valence-electron chi connectivity index (χ2n) is 7.56. The lowest BCUT2D eigenvalue weighted by Crippen LogP contribution is -2.38. The minimum absolute atomic E-state index is 0.000680. The van der Waals surface area contributed by atoms with E-state index in [1.54, 1.807) is 7.05 Å². The fraction of sp³-hybridized carbons (Fsp3) is 0.750. The number of likely N-dealkylation sites (N-methyl/N-ethyl adjacent to an activating group) is 1. The van der Waals surface area contributed by atoms with Crippen LogP contribution >= 0.6 is 0 Å². The highest BCUT2D eigenvalue weighted by molar-refractivity contribution is 6.01. The lowest BCUT2D eigenvalue weighted by atomic mass is 9.78. The molecule has 0 aliphatic carbocycles. The summed E-state index contributed by atoms with van der Waals surface area (Å²) in [6, 6.07) is -0.340. The van der Waals surface area contributed by atoms with Crippen molar-refractivity contribution < 1.29 is 18.7 Å². The zero-order valence-electron chi connectivity index (χ0n) is 14.6. The van der Waals surface area contributed by atoms with E-state index in [1.807, 2.05) is 0 Å². The number of carbonyl (C=O) groups is 2. The third kappa shape index (κ3) is 3.15. The summed E-state index contributed by atoms with van der Waals surface area (Å²) in [4.78, 5) is 26.3. The highest BCUT2D eigenvalue weighted by atomic mass is 16.5. The number of amides is 3. The maximum absolute atomic E-state index is 11.9. The molecule has 2 aliphatic rings. The van der Waals surface area contributed by atoms with Gasteiger partial charge in [0, 0.05) is 13.7 Å². The predicted octanol–water partition coefficient (Wildman–Crippen LogP) is 1.77. The van der Waals surface area contributed by atoms with Crippen molar-refractivity contribution in [2.75, 3.05) is 20.2 Å². The number of hydrogen-bond donors (Lipinski definition) is 0. The Hall–Kier alpha value is -1.96. The fourth-order valence-corrected chi connectivity index (χ4v) is 3.33. The number of urea groups is 1. The third-order valence-electron chi connectivity index (χ3n) is 4.50. The molecule has 0 unspecified atom stereocenters. The van der Waals surface area contributed by atoms with E-state index >= 15 is 0 Å². The van der Waals surface area contributed by atoms with Crippen LogP contribution in [0.4, 0.5) is 4.79 Å². The minimum Gasteiger partial charge on any atom is -0.423 e. The number of ether oxygens (including phenoxy) is 1. The average molecular weight is 336 g/mol. The Bertz CT molecular complexity index is 636. The molecule has 0 spiro atoms. The topological polar surface area (TPSA) is 88.8 Å². The Morgan fingerprint density at radius 2 is 2.00 bits per heavy atom. The molecule has 1 aromatic heterocycles. The Labute approximate surface area is 141 Å². The highest BCUT2D eigenvalue weighted by Gasteiger charge is 2.40. The summed E-state index contributed by atoms with van der Waals surface area (Å²) in [5, 5.41) is 8.18. The lowest BCUT2D eigenvalue weighted by molar-refractivity contribution is -0.125. The smallest absolute Gasteiger partial charge is 0.327 e. The van der Waals surface area contributed by atoms with Crippen LogP contribution in [-0.4, -0.2) is 58.2 Å². The van der Waals surface area contributed by atoms with Crippen LogP contribution in [0.3, 0.4) is 0 Å². The molecule has 2 atom stereocenters. The van der Waals surface area contributed by atoms with Crippen LogP contribution in [-0.2, 0) is 16.1 Å². The second kappa shape index (κ2) is 6.16. The Kier molecular flexibility index (Phi) is 4.33. The van der Waals surface area contributed by atoms with Crippen molar-refractivity contribution in [3.63, 3.8) is 0 Å². The summed E-state index contributed by atoms with van der Waals surface area (Å²) >= 11 is 0. The molecule has 2 aliphatic heterocycles. The molecule has 3 heterocycles. The van der Waals surface area contributed by atoms with Crippen LogP contribution in [0.1, 0.15) is 51.3 Å². The van der Waals surface area contributed by atoms with Gasteiger partial charge in [-0.05, 0) is 18.3 Å². The standard InChI is InChI=1S/C16H24N4O4/c1-16(2,3)13-10(6-5-7-23-13)14-18-17-11(24-14)8-20-12(21)9-19(4)15(20)22/h10,13H,5-9H2,1-4H3/t10-,13-/m1/s1. The van der Waals surface area contributed by atoms with Gasteiger partial charge in [-0.3, -0.25) is 9.69 Å². The van der Waals surface area contributed by atoms with Gasteiger partial charge in [-0.25, -0.2) is 4.79 Å². The molecule has 0 bridgehead atoms. The van der Waals surface area contributed by atoms with E-state index in [-0.39, 0.29) is 48.4 Å². The van der Waals surface area contributed by atoms with Crippen LogP contribution < -0.4 is 0 Å². The molecule has 8 nitrogen and oxygen atoms in total. The Morgan fingerprint density at radius 1 is 1.25 bits per heavy atom. The zero-order valence-corrected chi connectivity index (χ0v) is 14.6. The lowest BCUT2D eigenvalue weighted by Gasteiger charge is -2.38. The molecule has 2 fully saturated rings. The number of rotatable bonds is 3. The first-order chi connectivity index (χ1) is 11.3. The van der Waals surface area contributed by atoms with E-state index in [0.717, 1.165) is 24.3 Å². The summed E-state index contributed by atoms with van der Waals surface area (Å²) in [5.74, 6) is 0.584. The molecule has 0 saturated carbocycles.